The molecule has 1 heterocycles. The Balaban J connectivity index is 2.01. The molecule has 0 spiro atoms. The third kappa shape index (κ3) is 2.73. The maximum Gasteiger partial charge on any atom is 0.255 e. The largest absolute Gasteiger partial charge is 0.504 e. The summed E-state index contributed by atoms with van der Waals surface area (Å²) in [4.78, 5) is 14.2. The zero-order valence-corrected chi connectivity index (χ0v) is 10.4. The molecule has 18 heavy (non-hydrogen) atoms. The van der Waals surface area contributed by atoms with Crippen LogP contribution in [-0.4, -0.2) is 47.2 Å². The molecule has 0 unspecified atom stereocenters. The number of benzene rings is 1. The third-order valence-corrected chi connectivity index (χ3v) is 3.31. The van der Waals surface area contributed by atoms with Crippen LogP contribution >= 0.6 is 0 Å². The van der Waals surface area contributed by atoms with Crippen molar-refractivity contribution in [2.45, 2.75) is 18.9 Å². The van der Waals surface area contributed by atoms with Gasteiger partial charge in [0.2, 0.25) is 0 Å². The van der Waals surface area contributed by atoms with E-state index in [1.165, 1.54) is 12.1 Å². The van der Waals surface area contributed by atoms with E-state index >= 15 is 0 Å². The number of amides is 1. The van der Waals surface area contributed by atoms with Crippen LogP contribution in [0.2, 0.25) is 0 Å². The first-order valence-corrected chi connectivity index (χ1v) is 6.08. The van der Waals surface area contributed by atoms with Gasteiger partial charge in [-0.25, -0.2) is 0 Å². The van der Waals surface area contributed by atoms with Crippen molar-refractivity contribution in [1.82, 2.24) is 10.2 Å². The summed E-state index contributed by atoms with van der Waals surface area (Å²) in [6, 6.07) is 4.52. The van der Waals surface area contributed by atoms with Crippen molar-refractivity contribution < 1.29 is 15.0 Å². The van der Waals surface area contributed by atoms with Crippen molar-refractivity contribution in [2.24, 2.45) is 0 Å². The predicted molar refractivity (Wildman–Crippen MR) is 67.8 cm³/mol. The quantitative estimate of drug-likeness (QED) is 0.682. The number of likely N-dealkylation sites (tertiary alicyclic amines) is 1. The number of nitrogens with one attached hydrogen (secondary N) is 1. The Bertz CT molecular complexity index is 440. The Morgan fingerprint density at radius 3 is 2.67 bits per heavy atom. The van der Waals surface area contributed by atoms with Gasteiger partial charge in [0.15, 0.2) is 11.5 Å². The average Bonchev–Trinajstić information content (AvgIpc) is 2.35. The van der Waals surface area contributed by atoms with Crippen LogP contribution in [0.5, 0.6) is 11.5 Å². The first kappa shape index (κ1) is 12.7. The molecule has 1 aliphatic rings. The topological polar surface area (TPSA) is 72.8 Å². The van der Waals surface area contributed by atoms with Crippen LogP contribution in [0, 0.1) is 0 Å². The minimum atomic E-state index is -0.358. The zero-order chi connectivity index (χ0) is 13.1. The number of rotatable bonds is 2. The van der Waals surface area contributed by atoms with Crippen LogP contribution in [0.15, 0.2) is 18.2 Å². The third-order valence-electron chi connectivity index (χ3n) is 3.31. The van der Waals surface area contributed by atoms with Crippen LogP contribution < -0.4 is 5.32 Å². The van der Waals surface area contributed by atoms with E-state index in [1.807, 2.05) is 0 Å². The summed E-state index contributed by atoms with van der Waals surface area (Å²) in [5.74, 6) is -0.966. The number of para-hydroxylation sites is 1. The first-order valence-electron chi connectivity index (χ1n) is 6.08. The van der Waals surface area contributed by atoms with E-state index in [0.717, 1.165) is 25.9 Å². The summed E-state index contributed by atoms with van der Waals surface area (Å²) in [5, 5.41) is 21.9. The molecule has 3 N–H and O–H groups in total. The molecule has 0 atom stereocenters. The van der Waals surface area contributed by atoms with Crippen LogP contribution in [0.25, 0.3) is 0 Å². The van der Waals surface area contributed by atoms with Crippen molar-refractivity contribution >= 4 is 5.91 Å². The van der Waals surface area contributed by atoms with Gasteiger partial charge in [0.05, 0.1) is 5.56 Å². The lowest BCUT2D eigenvalue weighted by atomic mass is 10.0. The highest BCUT2D eigenvalue weighted by Crippen LogP contribution is 2.28. The number of nitrogens with zero attached hydrogens (tertiary/aromatic N) is 1. The SMILES string of the molecule is CN1CCC(NC(=O)c2cccc(O)c2O)CC1. The predicted octanol–water partition coefficient (Wildman–Crippen LogP) is 0.922. The van der Waals surface area contributed by atoms with Gasteiger partial charge in [-0.3, -0.25) is 4.79 Å². The monoisotopic (exact) mass is 250 g/mol. The molecule has 1 aliphatic heterocycles. The second-order valence-corrected chi connectivity index (χ2v) is 4.72. The Hall–Kier alpha value is -1.75. The number of phenols is 2. The minimum Gasteiger partial charge on any atom is -0.504 e. The number of hydrogen-bond donors (Lipinski definition) is 3. The Morgan fingerprint density at radius 2 is 2.00 bits per heavy atom. The minimum absolute atomic E-state index is 0.119. The van der Waals surface area contributed by atoms with E-state index in [1.54, 1.807) is 6.07 Å². The highest BCUT2D eigenvalue weighted by Gasteiger charge is 2.21. The molecule has 1 fully saturated rings. The summed E-state index contributed by atoms with van der Waals surface area (Å²) >= 11 is 0. The normalized spacial score (nSPS) is 17.6. The summed E-state index contributed by atoms with van der Waals surface area (Å²) < 4.78 is 0. The molecule has 5 nitrogen and oxygen atoms in total. The van der Waals surface area contributed by atoms with E-state index < -0.39 is 0 Å². The number of aromatic hydroxyl groups is 2. The van der Waals surface area contributed by atoms with E-state index in [4.69, 9.17) is 0 Å². The molecule has 98 valence electrons. The maximum atomic E-state index is 12.0. The number of phenolic OH excluding ortho intramolecular Hbond substituents is 2. The number of hydrogen-bond acceptors (Lipinski definition) is 4. The van der Waals surface area contributed by atoms with Crippen molar-refractivity contribution in [1.29, 1.82) is 0 Å². The Kier molecular flexibility index (Phi) is 3.72. The number of carbonyl (C=O) groups is 1. The molecule has 0 radical (unpaired) electrons. The molecule has 1 saturated heterocycles. The average molecular weight is 250 g/mol. The van der Waals surface area contributed by atoms with Gasteiger partial charge in [0.25, 0.3) is 5.91 Å². The molecule has 0 saturated carbocycles. The Labute approximate surface area is 106 Å². The van der Waals surface area contributed by atoms with Gasteiger partial charge < -0.3 is 20.4 Å². The lowest BCUT2D eigenvalue weighted by Gasteiger charge is -2.29. The van der Waals surface area contributed by atoms with Gasteiger partial charge in [-0.2, -0.15) is 0 Å². The van der Waals surface area contributed by atoms with Crippen LogP contribution in [0.4, 0.5) is 0 Å². The van der Waals surface area contributed by atoms with E-state index in [0.29, 0.717) is 0 Å². The van der Waals surface area contributed by atoms with Crippen LogP contribution in [0.3, 0.4) is 0 Å². The molecular weight excluding hydrogens is 232 g/mol. The van der Waals surface area contributed by atoms with Gasteiger partial charge in [-0.05, 0) is 45.1 Å². The molecular formula is C13H18N2O3. The fraction of sp³-hybridized carbons (Fsp3) is 0.462. The molecule has 0 bridgehead atoms. The van der Waals surface area contributed by atoms with E-state index in [-0.39, 0.29) is 29.0 Å². The molecule has 1 aromatic carbocycles. The highest BCUT2D eigenvalue weighted by molar-refractivity contribution is 5.97. The van der Waals surface area contributed by atoms with E-state index in [9.17, 15) is 15.0 Å². The summed E-state index contributed by atoms with van der Waals surface area (Å²) in [6.07, 6.45) is 1.81. The van der Waals surface area contributed by atoms with E-state index in [2.05, 4.69) is 17.3 Å². The maximum absolute atomic E-state index is 12.0. The van der Waals surface area contributed by atoms with Gasteiger partial charge in [0.1, 0.15) is 0 Å². The standard InChI is InChI=1S/C13H18N2O3/c1-15-7-5-9(6-8-15)14-13(18)10-3-2-4-11(16)12(10)17/h2-4,9,16-17H,5-8H2,1H3,(H,14,18). The van der Waals surface area contributed by atoms with Gasteiger partial charge in [-0.1, -0.05) is 6.07 Å². The zero-order valence-electron chi connectivity index (χ0n) is 10.4. The van der Waals surface area contributed by atoms with Crippen molar-refractivity contribution in [3.8, 4) is 11.5 Å². The van der Waals surface area contributed by atoms with Crippen molar-refractivity contribution in [3.05, 3.63) is 23.8 Å². The highest BCUT2D eigenvalue weighted by atomic mass is 16.3. The molecule has 0 aromatic heterocycles. The molecule has 2 rings (SSSR count). The van der Waals surface area contributed by atoms with Crippen molar-refractivity contribution in [3.63, 3.8) is 0 Å². The molecule has 0 aliphatic carbocycles. The Morgan fingerprint density at radius 1 is 1.33 bits per heavy atom. The fourth-order valence-corrected chi connectivity index (χ4v) is 2.13. The lowest BCUT2D eigenvalue weighted by Crippen LogP contribution is -2.43. The van der Waals surface area contributed by atoms with Gasteiger partial charge >= 0.3 is 0 Å². The lowest BCUT2D eigenvalue weighted by molar-refractivity contribution is 0.0913. The number of piperidine rings is 1. The summed E-state index contributed by atoms with van der Waals surface area (Å²) in [6.45, 7) is 1.91. The van der Waals surface area contributed by atoms with Crippen LogP contribution in [-0.2, 0) is 0 Å². The summed E-state index contributed by atoms with van der Waals surface area (Å²) in [5.41, 5.74) is 0.119. The van der Waals surface area contributed by atoms with Gasteiger partial charge in [0, 0.05) is 6.04 Å². The molecule has 5 heteroatoms. The first-order chi connectivity index (χ1) is 8.58. The van der Waals surface area contributed by atoms with Crippen molar-refractivity contribution in [2.75, 3.05) is 20.1 Å². The molecule has 1 aromatic rings. The van der Waals surface area contributed by atoms with Crippen LogP contribution in [0.1, 0.15) is 23.2 Å². The second-order valence-electron chi connectivity index (χ2n) is 4.72. The fourth-order valence-electron chi connectivity index (χ4n) is 2.13. The van der Waals surface area contributed by atoms with Gasteiger partial charge in [-0.15, -0.1) is 0 Å². The number of carbonyl (C=O) groups excluding carboxylic acids is 1. The smallest absolute Gasteiger partial charge is 0.255 e. The summed E-state index contributed by atoms with van der Waals surface area (Å²) in [7, 11) is 2.05. The second kappa shape index (κ2) is 5.27. The molecule has 1 amide bonds.